The van der Waals surface area contributed by atoms with Gasteiger partial charge < -0.3 is 10.1 Å². The molecule has 0 aromatic heterocycles. The molecule has 0 spiro atoms. The second-order valence-corrected chi connectivity index (χ2v) is 6.76. The molecule has 0 amide bonds. The quantitative estimate of drug-likeness (QED) is 0.888. The number of likely N-dealkylation sites (N-methyl/N-ethyl adjacent to an activating group) is 1. The predicted octanol–water partition coefficient (Wildman–Crippen LogP) is 4.21. The fraction of sp³-hybridized carbons (Fsp3) is 0.667. The molecule has 1 N–H and O–H groups in total. The number of benzene rings is 1. The first-order valence-corrected chi connectivity index (χ1v) is 7.95. The maximum absolute atomic E-state index is 6.29. The first-order valence-electron chi connectivity index (χ1n) is 7.95. The molecule has 0 saturated heterocycles. The predicted molar refractivity (Wildman–Crippen MR) is 85.4 cm³/mol. The van der Waals surface area contributed by atoms with E-state index in [0.717, 1.165) is 11.7 Å². The Balaban J connectivity index is 2.07. The molecular formula is C18H29NO. The van der Waals surface area contributed by atoms with Gasteiger partial charge in [-0.05, 0) is 55.3 Å². The van der Waals surface area contributed by atoms with Crippen molar-refractivity contribution in [3.63, 3.8) is 0 Å². The van der Waals surface area contributed by atoms with E-state index in [9.17, 15) is 0 Å². The van der Waals surface area contributed by atoms with Gasteiger partial charge in [-0.3, -0.25) is 0 Å². The Morgan fingerprint density at radius 3 is 2.30 bits per heavy atom. The lowest BCUT2D eigenvalue weighted by Crippen LogP contribution is -2.49. The van der Waals surface area contributed by atoms with Crippen molar-refractivity contribution in [2.24, 2.45) is 11.8 Å². The zero-order valence-corrected chi connectivity index (χ0v) is 13.5. The van der Waals surface area contributed by atoms with Crippen molar-refractivity contribution in [3.05, 3.63) is 29.8 Å². The van der Waals surface area contributed by atoms with E-state index in [1.54, 1.807) is 0 Å². The van der Waals surface area contributed by atoms with Crippen molar-refractivity contribution in [2.75, 3.05) is 7.05 Å². The maximum atomic E-state index is 6.29. The summed E-state index contributed by atoms with van der Waals surface area (Å²) in [6, 6.07) is 9.06. The average Bonchev–Trinajstić information content (AvgIpc) is 2.42. The summed E-state index contributed by atoms with van der Waals surface area (Å²) < 4.78 is 6.29. The van der Waals surface area contributed by atoms with Gasteiger partial charge in [-0.15, -0.1) is 0 Å². The minimum absolute atomic E-state index is 0.279. The SMILES string of the molecule is CNC1CC(C)CC(C)C1Oc1ccc(C(C)C)cc1. The van der Waals surface area contributed by atoms with Crippen LogP contribution < -0.4 is 10.1 Å². The van der Waals surface area contributed by atoms with Gasteiger partial charge in [-0.1, -0.05) is 39.8 Å². The molecule has 4 atom stereocenters. The largest absolute Gasteiger partial charge is 0.489 e. The van der Waals surface area contributed by atoms with Crippen LogP contribution in [0.5, 0.6) is 5.75 Å². The minimum Gasteiger partial charge on any atom is -0.489 e. The molecule has 4 unspecified atom stereocenters. The van der Waals surface area contributed by atoms with Crippen molar-refractivity contribution in [1.29, 1.82) is 0 Å². The molecule has 20 heavy (non-hydrogen) atoms. The summed E-state index contributed by atoms with van der Waals surface area (Å²) in [6.07, 6.45) is 2.74. The van der Waals surface area contributed by atoms with E-state index in [4.69, 9.17) is 4.74 Å². The van der Waals surface area contributed by atoms with E-state index < -0.39 is 0 Å². The van der Waals surface area contributed by atoms with Gasteiger partial charge in [0.1, 0.15) is 11.9 Å². The lowest BCUT2D eigenvalue weighted by atomic mass is 9.78. The van der Waals surface area contributed by atoms with Crippen molar-refractivity contribution < 1.29 is 4.74 Å². The number of rotatable bonds is 4. The first-order chi connectivity index (χ1) is 9.51. The van der Waals surface area contributed by atoms with Crippen molar-refractivity contribution in [2.45, 2.75) is 58.6 Å². The van der Waals surface area contributed by atoms with Crippen molar-refractivity contribution in [1.82, 2.24) is 5.32 Å². The number of hydrogen-bond donors (Lipinski definition) is 1. The molecule has 1 aliphatic rings. The third-order valence-electron chi connectivity index (χ3n) is 4.58. The standard InChI is InChI=1S/C18H29NO/c1-12(2)15-6-8-16(9-7-15)20-18-14(4)10-13(3)11-17(18)19-5/h6-9,12-14,17-19H,10-11H2,1-5H3. The van der Waals surface area contributed by atoms with Crippen LogP contribution in [0.1, 0.15) is 52.0 Å². The summed E-state index contributed by atoms with van der Waals surface area (Å²) >= 11 is 0. The van der Waals surface area contributed by atoms with Gasteiger partial charge in [-0.2, -0.15) is 0 Å². The number of hydrogen-bond acceptors (Lipinski definition) is 2. The van der Waals surface area contributed by atoms with Crippen LogP contribution >= 0.6 is 0 Å². The molecule has 1 aromatic rings. The van der Waals surface area contributed by atoms with Crippen LogP contribution in [-0.4, -0.2) is 19.2 Å². The lowest BCUT2D eigenvalue weighted by molar-refractivity contribution is 0.0507. The highest BCUT2D eigenvalue weighted by Gasteiger charge is 2.34. The summed E-state index contributed by atoms with van der Waals surface area (Å²) in [6.45, 7) is 9.09. The Morgan fingerprint density at radius 1 is 1.10 bits per heavy atom. The summed E-state index contributed by atoms with van der Waals surface area (Å²) in [5, 5.41) is 3.44. The third kappa shape index (κ3) is 3.54. The summed E-state index contributed by atoms with van der Waals surface area (Å²) in [7, 11) is 2.05. The number of ether oxygens (including phenoxy) is 1. The van der Waals surface area contributed by atoms with E-state index >= 15 is 0 Å². The highest BCUT2D eigenvalue weighted by atomic mass is 16.5. The normalized spacial score (nSPS) is 30.5. The van der Waals surface area contributed by atoms with Gasteiger partial charge >= 0.3 is 0 Å². The van der Waals surface area contributed by atoms with Crippen LogP contribution in [0.2, 0.25) is 0 Å². The molecule has 0 heterocycles. The minimum atomic E-state index is 0.279. The average molecular weight is 275 g/mol. The van der Waals surface area contributed by atoms with Gasteiger partial charge in [0.15, 0.2) is 0 Å². The van der Waals surface area contributed by atoms with Crippen LogP contribution in [0, 0.1) is 11.8 Å². The van der Waals surface area contributed by atoms with Crippen LogP contribution in [0.3, 0.4) is 0 Å². The van der Waals surface area contributed by atoms with Crippen LogP contribution in [0.25, 0.3) is 0 Å². The molecule has 2 nitrogen and oxygen atoms in total. The van der Waals surface area contributed by atoms with Crippen molar-refractivity contribution in [3.8, 4) is 5.75 Å². The second kappa shape index (κ2) is 6.62. The van der Waals surface area contributed by atoms with Gasteiger partial charge in [0, 0.05) is 6.04 Å². The zero-order chi connectivity index (χ0) is 14.7. The van der Waals surface area contributed by atoms with E-state index in [-0.39, 0.29) is 6.10 Å². The molecule has 0 radical (unpaired) electrons. The molecule has 1 saturated carbocycles. The molecule has 1 aromatic carbocycles. The van der Waals surface area contributed by atoms with Gasteiger partial charge in [0.2, 0.25) is 0 Å². The molecular weight excluding hydrogens is 246 g/mol. The molecule has 0 bridgehead atoms. The fourth-order valence-corrected chi connectivity index (χ4v) is 3.40. The van der Waals surface area contributed by atoms with Crippen molar-refractivity contribution >= 4 is 0 Å². The Morgan fingerprint density at radius 2 is 1.75 bits per heavy atom. The van der Waals surface area contributed by atoms with Crippen LogP contribution in [0.4, 0.5) is 0 Å². The first kappa shape index (κ1) is 15.4. The van der Waals surface area contributed by atoms with Crippen LogP contribution in [0.15, 0.2) is 24.3 Å². The van der Waals surface area contributed by atoms with Gasteiger partial charge in [0.25, 0.3) is 0 Å². The fourth-order valence-electron chi connectivity index (χ4n) is 3.40. The van der Waals surface area contributed by atoms with Crippen LogP contribution in [-0.2, 0) is 0 Å². The van der Waals surface area contributed by atoms with E-state index in [1.807, 2.05) is 7.05 Å². The zero-order valence-electron chi connectivity index (χ0n) is 13.5. The second-order valence-electron chi connectivity index (χ2n) is 6.76. The molecule has 1 aliphatic carbocycles. The monoisotopic (exact) mass is 275 g/mol. The Labute approximate surface area is 123 Å². The van der Waals surface area contributed by atoms with E-state index in [2.05, 4.69) is 57.3 Å². The summed E-state index contributed by atoms with van der Waals surface area (Å²) in [4.78, 5) is 0. The molecule has 112 valence electrons. The smallest absolute Gasteiger partial charge is 0.119 e. The Kier molecular flexibility index (Phi) is 5.09. The summed E-state index contributed by atoms with van der Waals surface area (Å²) in [5.41, 5.74) is 1.37. The number of nitrogens with one attached hydrogen (secondary N) is 1. The van der Waals surface area contributed by atoms with E-state index in [1.165, 1.54) is 18.4 Å². The molecule has 0 aliphatic heterocycles. The third-order valence-corrected chi connectivity index (χ3v) is 4.58. The molecule has 2 heteroatoms. The lowest BCUT2D eigenvalue weighted by Gasteiger charge is -2.39. The Hall–Kier alpha value is -1.02. The Bertz CT molecular complexity index is 412. The molecule has 2 rings (SSSR count). The van der Waals surface area contributed by atoms with E-state index in [0.29, 0.717) is 17.9 Å². The topological polar surface area (TPSA) is 21.3 Å². The highest BCUT2D eigenvalue weighted by molar-refractivity contribution is 5.29. The summed E-state index contributed by atoms with van der Waals surface area (Å²) in [5.74, 6) is 2.95. The highest BCUT2D eigenvalue weighted by Crippen LogP contribution is 2.32. The molecule has 1 fully saturated rings. The maximum Gasteiger partial charge on any atom is 0.119 e. The van der Waals surface area contributed by atoms with Gasteiger partial charge in [-0.25, -0.2) is 0 Å². The van der Waals surface area contributed by atoms with Gasteiger partial charge in [0.05, 0.1) is 0 Å².